The SMILES string of the molecule is CC(C)(C)C1CCC(C2CC3C4B(C5CC(C6CCCCC6)CCC5N3C3C(C5CCCCC5)CC(C5CCCCC5)CC3C3CCCCC3)C3CC(C5CCC6C7CCCC8CCCC(C9CCCC5C96)C87)CCC3N(C3C(C5CCCCC5)CC(C5CCCCC5)CC3C3CCCCC3)C4C2)CC1. The molecule has 0 bridgehead atoms. The van der Waals surface area contributed by atoms with Gasteiger partial charge in [-0.25, -0.2) is 0 Å². The molecule has 3 heteroatoms. The van der Waals surface area contributed by atoms with Gasteiger partial charge in [-0.1, -0.05) is 290 Å². The minimum absolute atomic E-state index is 0.457. The smallest absolute Gasteiger partial charge is 0.156 e. The van der Waals surface area contributed by atoms with Gasteiger partial charge in [0.05, 0.1) is 0 Å². The van der Waals surface area contributed by atoms with E-state index in [1.54, 1.807) is 398 Å². The maximum Gasteiger partial charge on any atom is 0.156 e. The van der Waals surface area contributed by atoms with E-state index in [4.69, 9.17) is 0 Å². The predicted octanol–water partition coefficient (Wildman–Crippen LogP) is 28.5. The minimum Gasteiger partial charge on any atom is -0.295 e. The molecule has 20 rings (SSSR count). The predicted molar refractivity (Wildman–Crippen MR) is 443 cm³/mol. The van der Waals surface area contributed by atoms with Gasteiger partial charge >= 0.3 is 0 Å². The molecule has 2 nitrogen and oxygen atoms in total. The van der Waals surface area contributed by atoms with Crippen molar-refractivity contribution in [3.8, 4) is 0 Å². The second-order valence-corrected chi connectivity index (χ2v) is 47.2. The van der Waals surface area contributed by atoms with Gasteiger partial charge in [0.15, 0.2) is 6.71 Å². The molecule has 0 aromatic carbocycles. The summed E-state index contributed by atoms with van der Waals surface area (Å²) in [7, 11) is 0. The summed E-state index contributed by atoms with van der Waals surface area (Å²) in [5, 5.41) is 0. The Hall–Kier alpha value is -0.0151. The molecule has 2 saturated heterocycles. The van der Waals surface area contributed by atoms with Crippen molar-refractivity contribution >= 4 is 6.71 Å². The largest absolute Gasteiger partial charge is 0.295 e. The normalized spacial score (nSPS) is 49.5. The first kappa shape index (κ1) is 73.8. The highest BCUT2D eigenvalue weighted by atomic mass is 15.3. The average molecular weight is 1430 g/mol. The second kappa shape index (κ2) is 32.2. The monoisotopic (exact) mass is 1430 g/mol. The summed E-state index contributed by atoms with van der Waals surface area (Å²) in [6.45, 7) is 9.01. The second-order valence-electron chi connectivity index (χ2n) is 47.2. The molecule has 2 heterocycles. The van der Waals surface area contributed by atoms with Crippen molar-refractivity contribution in [2.45, 2.75) is 473 Å². The maximum atomic E-state index is 4.06. The van der Waals surface area contributed by atoms with Crippen LogP contribution >= 0.6 is 0 Å². The van der Waals surface area contributed by atoms with Gasteiger partial charge in [-0.05, 0) is 311 Å². The highest BCUT2D eigenvalue weighted by Crippen LogP contribution is 2.72. The van der Waals surface area contributed by atoms with Crippen LogP contribution in [0, 0.1) is 165 Å². The van der Waals surface area contributed by atoms with Gasteiger partial charge in [0.25, 0.3) is 0 Å². The molecular formula is C102H169BN2. The number of rotatable bonds is 11. The number of hydrogen-bond acceptors (Lipinski definition) is 2. The molecule has 23 atom stereocenters. The van der Waals surface area contributed by atoms with Crippen molar-refractivity contribution in [3.05, 3.63) is 0 Å². The molecule has 0 spiro atoms. The first-order valence-corrected chi connectivity index (χ1v) is 51.3. The zero-order valence-corrected chi connectivity index (χ0v) is 69.6. The van der Waals surface area contributed by atoms with E-state index in [2.05, 4.69) is 30.6 Å². The average Bonchev–Trinajstić information content (AvgIpc) is 0.581. The van der Waals surface area contributed by atoms with Crippen LogP contribution in [0.25, 0.3) is 0 Å². The molecule has 0 amide bonds. The molecule has 590 valence electrons. The number of fused-ring (bicyclic) bond motifs is 6. The quantitative estimate of drug-likeness (QED) is 0.190. The van der Waals surface area contributed by atoms with Gasteiger partial charge in [-0.15, -0.1) is 0 Å². The molecule has 2 aliphatic heterocycles. The van der Waals surface area contributed by atoms with Crippen LogP contribution in [-0.4, -0.2) is 52.8 Å². The van der Waals surface area contributed by atoms with Gasteiger partial charge in [-0.3, -0.25) is 9.80 Å². The Balaban J connectivity index is 0.762. The van der Waals surface area contributed by atoms with Crippen LogP contribution in [0.2, 0.25) is 17.5 Å². The third-order valence-corrected chi connectivity index (χ3v) is 42.5. The molecule has 0 radical (unpaired) electrons. The Morgan fingerprint density at radius 2 is 0.505 bits per heavy atom. The van der Waals surface area contributed by atoms with Crippen LogP contribution in [0.5, 0.6) is 0 Å². The Morgan fingerprint density at radius 1 is 0.200 bits per heavy atom. The van der Waals surface area contributed by atoms with Gasteiger partial charge in [0.2, 0.25) is 0 Å². The van der Waals surface area contributed by atoms with Crippen LogP contribution in [0.3, 0.4) is 0 Å². The van der Waals surface area contributed by atoms with E-state index >= 15 is 0 Å². The highest BCUT2D eigenvalue weighted by molar-refractivity contribution is 6.65. The fourth-order valence-electron chi connectivity index (χ4n) is 38.7. The Kier molecular flexibility index (Phi) is 22.7. The van der Waals surface area contributed by atoms with E-state index in [9.17, 15) is 0 Å². The first-order chi connectivity index (χ1) is 51.7. The van der Waals surface area contributed by atoms with Crippen LogP contribution in [0.15, 0.2) is 0 Å². The molecule has 20 fully saturated rings. The molecule has 20 aliphatic rings. The lowest BCUT2D eigenvalue weighted by atomic mass is 9.17. The van der Waals surface area contributed by atoms with Crippen LogP contribution in [0.4, 0.5) is 0 Å². The van der Waals surface area contributed by atoms with E-state index in [1.807, 2.05) is 0 Å². The summed E-state index contributed by atoms with van der Waals surface area (Å²) >= 11 is 0. The van der Waals surface area contributed by atoms with Crippen LogP contribution < -0.4 is 0 Å². The first-order valence-electron chi connectivity index (χ1n) is 51.3. The van der Waals surface area contributed by atoms with E-state index in [-0.39, 0.29) is 0 Å². The topological polar surface area (TPSA) is 6.48 Å². The van der Waals surface area contributed by atoms with E-state index in [0.717, 1.165) is 220 Å². The molecule has 105 heavy (non-hydrogen) atoms. The van der Waals surface area contributed by atoms with E-state index < -0.39 is 0 Å². The van der Waals surface area contributed by atoms with Gasteiger partial charge in [0.1, 0.15) is 0 Å². The summed E-state index contributed by atoms with van der Waals surface area (Å²) < 4.78 is 0. The van der Waals surface area contributed by atoms with Crippen LogP contribution in [-0.2, 0) is 0 Å². The highest BCUT2D eigenvalue weighted by Gasteiger charge is 2.70. The Labute approximate surface area is 650 Å². The summed E-state index contributed by atoms with van der Waals surface area (Å²) in [5.74, 6) is 31.1. The Bertz CT molecular complexity index is 2670. The molecule has 18 saturated carbocycles. The van der Waals surface area contributed by atoms with Crippen LogP contribution in [0.1, 0.15) is 419 Å². The summed E-state index contributed by atoms with van der Waals surface area (Å²) in [4.78, 5) is 8.10. The summed E-state index contributed by atoms with van der Waals surface area (Å²) in [5.41, 5.74) is 0.457. The lowest BCUT2D eigenvalue weighted by Crippen LogP contribution is -2.77. The fraction of sp³-hybridized carbons (Fsp3) is 1.00. The minimum atomic E-state index is 0.457. The molecule has 0 aromatic rings. The van der Waals surface area contributed by atoms with Gasteiger partial charge in [0, 0.05) is 36.3 Å². The molecule has 0 N–H and O–H groups in total. The van der Waals surface area contributed by atoms with Crippen molar-refractivity contribution in [2.24, 2.45) is 165 Å². The summed E-state index contributed by atoms with van der Waals surface area (Å²) in [6.07, 6.45) is 99.6. The molecular weight excluding hydrogens is 1260 g/mol. The van der Waals surface area contributed by atoms with Crippen molar-refractivity contribution in [2.75, 3.05) is 0 Å². The molecule has 0 aromatic heterocycles. The summed E-state index contributed by atoms with van der Waals surface area (Å²) in [6, 6.07) is 5.30. The van der Waals surface area contributed by atoms with E-state index in [1.165, 1.54) is 0 Å². The zero-order chi connectivity index (χ0) is 69.9. The van der Waals surface area contributed by atoms with Crippen molar-refractivity contribution in [3.63, 3.8) is 0 Å². The number of nitrogens with zero attached hydrogens (tertiary/aromatic N) is 2. The number of hydrogen-bond donors (Lipinski definition) is 0. The zero-order valence-electron chi connectivity index (χ0n) is 69.6. The Morgan fingerprint density at radius 3 is 0.924 bits per heavy atom. The molecule has 18 aliphatic carbocycles. The molecule has 23 unspecified atom stereocenters. The van der Waals surface area contributed by atoms with Crippen molar-refractivity contribution in [1.29, 1.82) is 0 Å². The van der Waals surface area contributed by atoms with Gasteiger partial charge in [-0.2, -0.15) is 0 Å². The van der Waals surface area contributed by atoms with Crippen molar-refractivity contribution < 1.29 is 0 Å². The maximum absolute atomic E-state index is 4.06. The third kappa shape index (κ3) is 14.1. The lowest BCUT2D eigenvalue weighted by molar-refractivity contribution is -0.160. The van der Waals surface area contributed by atoms with Crippen molar-refractivity contribution in [1.82, 2.24) is 9.80 Å². The lowest BCUT2D eigenvalue weighted by Gasteiger charge is -2.73. The third-order valence-electron chi connectivity index (χ3n) is 42.5. The van der Waals surface area contributed by atoms with Gasteiger partial charge < -0.3 is 0 Å². The fourth-order valence-corrected chi connectivity index (χ4v) is 38.7. The van der Waals surface area contributed by atoms with E-state index in [0.29, 0.717) is 5.41 Å². The standard InChI is InChI=1S/C102H169BN2/c1-102(2,3)80-52-48-69(49-53-80)79-64-95-99-96(65-79)105(101-89(72-38-21-9-22-39-72)60-78(68-32-15-6-16-33-68)61-90(101)73-40-23-10-24-41-73)94-57-51-76(81-54-55-86-84-45-26-43-74-42-25-44-83(97(74)84)85-47-27-46-82(81)98(85)86)63-92(94)103(99)91-62-75(66-28-11-4-12-29-66)50-56-93(91)104(95)100-87(70-34-17-7-18-35-70)58-77(67-30-13-5-14-31-67)59-88(100)71-36-19-8-20-37-71/h66-101H,4-65H2,1-3H3.